The van der Waals surface area contributed by atoms with E-state index in [0.29, 0.717) is 24.7 Å². The van der Waals surface area contributed by atoms with Crippen LogP contribution in [0.4, 0.5) is 0 Å². The van der Waals surface area contributed by atoms with Crippen LogP contribution in [-0.4, -0.2) is 24.3 Å². The van der Waals surface area contributed by atoms with Gasteiger partial charge in [-0.05, 0) is 31.0 Å². The van der Waals surface area contributed by atoms with Gasteiger partial charge in [0.1, 0.15) is 17.1 Å². The Morgan fingerprint density at radius 3 is 1.43 bits per heavy atom. The zero-order valence-electron chi connectivity index (χ0n) is 23.0. The van der Waals surface area contributed by atoms with E-state index in [1.165, 1.54) is 109 Å². The van der Waals surface area contributed by atoms with Gasteiger partial charge in [0.05, 0.1) is 13.2 Å². The van der Waals surface area contributed by atoms with E-state index in [2.05, 4.69) is 13.8 Å². The lowest BCUT2D eigenvalue weighted by atomic mass is 10.1. The van der Waals surface area contributed by atoms with Crippen molar-refractivity contribution in [2.45, 2.75) is 142 Å². The van der Waals surface area contributed by atoms with Crippen molar-refractivity contribution in [1.82, 2.24) is 0 Å². The maximum Gasteiger partial charge on any atom is 0.339 e. The van der Waals surface area contributed by atoms with Crippen LogP contribution in [0.15, 0.2) is 18.2 Å². The number of hydrogen-bond acceptors (Lipinski definition) is 3. The van der Waals surface area contributed by atoms with Crippen molar-refractivity contribution in [3.05, 3.63) is 23.8 Å². The molecule has 202 valence electrons. The summed E-state index contributed by atoms with van der Waals surface area (Å²) in [5, 5.41) is 9.59. The summed E-state index contributed by atoms with van der Waals surface area (Å²) in [7, 11) is 0. The number of rotatable bonds is 25. The Morgan fingerprint density at radius 2 is 1.00 bits per heavy atom. The van der Waals surface area contributed by atoms with E-state index in [4.69, 9.17) is 9.47 Å². The van der Waals surface area contributed by atoms with Crippen LogP contribution in [0.3, 0.4) is 0 Å². The Hall–Kier alpha value is -1.71. The Bertz CT molecular complexity index is 628. The SMILES string of the molecule is CCCCCCCCCCCCOc1ccc(OCCCCCCCCCCCC)c(C(=O)O)c1. The third kappa shape index (κ3) is 17.4. The Labute approximate surface area is 216 Å². The van der Waals surface area contributed by atoms with Gasteiger partial charge in [0.2, 0.25) is 0 Å². The fourth-order valence-corrected chi connectivity index (χ4v) is 4.44. The summed E-state index contributed by atoms with van der Waals surface area (Å²) in [6, 6.07) is 5.18. The minimum Gasteiger partial charge on any atom is -0.494 e. The van der Waals surface area contributed by atoms with E-state index < -0.39 is 5.97 Å². The van der Waals surface area contributed by atoms with Crippen LogP contribution in [0.2, 0.25) is 0 Å². The van der Waals surface area contributed by atoms with Gasteiger partial charge < -0.3 is 14.6 Å². The first-order valence-electron chi connectivity index (χ1n) is 14.8. The Balaban J connectivity index is 2.14. The van der Waals surface area contributed by atoms with E-state index in [0.717, 1.165) is 19.3 Å². The molecule has 4 heteroatoms. The molecule has 0 aromatic heterocycles. The topological polar surface area (TPSA) is 55.8 Å². The molecule has 0 saturated carbocycles. The highest BCUT2D eigenvalue weighted by Crippen LogP contribution is 2.25. The predicted molar refractivity (Wildman–Crippen MR) is 148 cm³/mol. The van der Waals surface area contributed by atoms with Crippen molar-refractivity contribution in [2.24, 2.45) is 0 Å². The van der Waals surface area contributed by atoms with E-state index in [-0.39, 0.29) is 5.56 Å². The molecule has 0 bridgehead atoms. The molecule has 4 nitrogen and oxygen atoms in total. The second-order valence-electron chi connectivity index (χ2n) is 10.0. The highest BCUT2D eigenvalue weighted by Gasteiger charge is 2.13. The van der Waals surface area contributed by atoms with Crippen molar-refractivity contribution >= 4 is 5.97 Å². The maximum atomic E-state index is 11.7. The summed E-state index contributed by atoms with van der Waals surface area (Å²) in [5.41, 5.74) is 0.192. The molecule has 0 aliphatic rings. The number of benzene rings is 1. The number of ether oxygens (including phenoxy) is 2. The van der Waals surface area contributed by atoms with Gasteiger partial charge in [0.15, 0.2) is 0 Å². The molecule has 35 heavy (non-hydrogen) atoms. The zero-order chi connectivity index (χ0) is 25.4. The summed E-state index contributed by atoms with van der Waals surface area (Å²) in [4.78, 5) is 11.7. The molecule has 0 fully saturated rings. The summed E-state index contributed by atoms with van der Waals surface area (Å²) in [5.74, 6) is 0.0942. The standard InChI is InChI=1S/C31H54O4/c1-3-5-7-9-11-13-15-17-19-21-25-34-28-23-24-30(29(27-28)31(32)33)35-26-22-20-18-16-14-12-10-8-6-4-2/h23-24,27H,3-22,25-26H2,1-2H3,(H,32,33). The quantitative estimate of drug-likeness (QED) is 0.139. The minimum absolute atomic E-state index is 0.192. The molecule has 0 saturated heterocycles. The van der Waals surface area contributed by atoms with Gasteiger partial charge in [0.25, 0.3) is 0 Å². The lowest BCUT2D eigenvalue weighted by molar-refractivity contribution is 0.0691. The lowest BCUT2D eigenvalue weighted by Gasteiger charge is -2.12. The lowest BCUT2D eigenvalue weighted by Crippen LogP contribution is -2.06. The summed E-state index contributed by atoms with van der Waals surface area (Å²) in [6.45, 7) is 5.71. The molecule has 0 amide bonds. The fourth-order valence-electron chi connectivity index (χ4n) is 4.44. The Kier molecular flexibility index (Phi) is 20.3. The fraction of sp³-hybridized carbons (Fsp3) is 0.774. The minimum atomic E-state index is -0.965. The van der Waals surface area contributed by atoms with Crippen molar-refractivity contribution < 1.29 is 19.4 Å². The zero-order valence-corrected chi connectivity index (χ0v) is 23.0. The highest BCUT2D eigenvalue weighted by molar-refractivity contribution is 5.91. The number of carboxylic acid groups (broad SMARTS) is 1. The summed E-state index contributed by atoms with van der Waals surface area (Å²) >= 11 is 0. The van der Waals surface area contributed by atoms with Crippen LogP contribution in [0.5, 0.6) is 11.5 Å². The number of carbonyl (C=O) groups is 1. The molecule has 0 heterocycles. The van der Waals surface area contributed by atoms with E-state index >= 15 is 0 Å². The number of aromatic carboxylic acids is 1. The van der Waals surface area contributed by atoms with Crippen LogP contribution in [0.1, 0.15) is 153 Å². The van der Waals surface area contributed by atoms with E-state index in [1.807, 2.05) is 6.07 Å². The highest BCUT2D eigenvalue weighted by atomic mass is 16.5. The van der Waals surface area contributed by atoms with Crippen LogP contribution in [0, 0.1) is 0 Å². The van der Waals surface area contributed by atoms with Gasteiger partial charge in [-0.25, -0.2) is 4.79 Å². The third-order valence-electron chi connectivity index (χ3n) is 6.70. The van der Waals surface area contributed by atoms with E-state index in [9.17, 15) is 9.90 Å². The van der Waals surface area contributed by atoms with Crippen LogP contribution >= 0.6 is 0 Å². The van der Waals surface area contributed by atoms with Crippen molar-refractivity contribution in [1.29, 1.82) is 0 Å². The molecule has 1 N–H and O–H groups in total. The van der Waals surface area contributed by atoms with Gasteiger partial charge in [-0.15, -0.1) is 0 Å². The molecule has 0 aliphatic heterocycles. The van der Waals surface area contributed by atoms with Gasteiger partial charge >= 0.3 is 5.97 Å². The van der Waals surface area contributed by atoms with Gasteiger partial charge in [-0.1, -0.05) is 129 Å². The normalized spacial score (nSPS) is 11.0. The molecule has 1 aromatic rings. The van der Waals surface area contributed by atoms with Gasteiger partial charge in [-0.2, -0.15) is 0 Å². The smallest absolute Gasteiger partial charge is 0.339 e. The average Bonchev–Trinajstić information content (AvgIpc) is 2.86. The van der Waals surface area contributed by atoms with Crippen LogP contribution in [0.25, 0.3) is 0 Å². The number of unbranched alkanes of at least 4 members (excludes halogenated alkanes) is 18. The van der Waals surface area contributed by atoms with Crippen molar-refractivity contribution in [2.75, 3.05) is 13.2 Å². The molecule has 0 atom stereocenters. The van der Waals surface area contributed by atoms with Crippen molar-refractivity contribution in [3.63, 3.8) is 0 Å². The monoisotopic (exact) mass is 490 g/mol. The molecule has 1 rings (SSSR count). The van der Waals surface area contributed by atoms with Crippen LogP contribution in [-0.2, 0) is 0 Å². The summed E-state index contributed by atoms with van der Waals surface area (Å²) in [6.07, 6.45) is 25.6. The van der Waals surface area contributed by atoms with Gasteiger partial charge in [0, 0.05) is 0 Å². The Morgan fingerprint density at radius 1 is 0.600 bits per heavy atom. The molecule has 0 spiro atoms. The summed E-state index contributed by atoms with van der Waals surface area (Å²) < 4.78 is 11.6. The molecule has 0 radical (unpaired) electrons. The number of hydrogen-bond donors (Lipinski definition) is 1. The molecule has 1 aromatic carbocycles. The van der Waals surface area contributed by atoms with Crippen LogP contribution < -0.4 is 9.47 Å². The van der Waals surface area contributed by atoms with Gasteiger partial charge in [-0.3, -0.25) is 0 Å². The van der Waals surface area contributed by atoms with E-state index in [1.54, 1.807) is 12.1 Å². The molecule has 0 aliphatic carbocycles. The molecular formula is C31H54O4. The first kappa shape index (κ1) is 31.3. The second kappa shape index (κ2) is 22.7. The largest absolute Gasteiger partial charge is 0.494 e. The second-order valence-corrected chi connectivity index (χ2v) is 10.0. The molecule has 0 unspecified atom stereocenters. The first-order valence-corrected chi connectivity index (χ1v) is 14.8. The average molecular weight is 491 g/mol. The first-order chi connectivity index (χ1) is 17.2. The third-order valence-corrected chi connectivity index (χ3v) is 6.70. The van der Waals surface area contributed by atoms with Crippen molar-refractivity contribution in [3.8, 4) is 11.5 Å². The predicted octanol–water partition coefficient (Wildman–Crippen LogP) is 9.98. The molecular weight excluding hydrogens is 436 g/mol. The maximum absolute atomic E-state index is 11.7. The number of carboxylic acids is 1.